The minimum absolute atomic E-state index is 0. The summed E-state index contributed by atoms with van der Waals surface area (Å²) in [6.45, 7) is 1.41. The van der Waals surface area contributed by atoms with Gasteiger partial charge in [0.05, 0.1) is 0 Å². The third-order valence-corrected chi connectivity index (χ3v) is 0.757. The van der Waals surface area contributed by atoms with Crippen LogP contribution in [0.1, 0.15) is 6.92 Å². The second kappa shape index (κ2) is 4.39. The van der Waals surface area contributed by atoms with Gasteiger partial charge in [-0.25, -0.2) is 0 Å². The molecule has 0 saturated heterocycles. The maximum Gasteiger partial charge on any atom is 0.276 e. The van der Waals surface area contributed by atoms with Gasteiger partial charge < -0.3 is 14.6 Å². The standard InChI is InChI=1S/C4H10O3.Zn/c1-4(5,6-2)7-3;/h5H,1-3H3;. The summed E-state index contributed by atoms with van der Waals surface area (Å²) in [4.78, 5) is 0. The Balaban J connectivity index is 0. The molecule has 4 heteroatoms. The van der Waals surface area contributed by atoms with E-state index in [0.29, 0.717) is 0 Å². The molecule has 0 aromatic carbocycles. The summed E-state index contributed by atoms with van der Waals surface area (Å²) in [5, 5.41) is 8.69. The van der Waals surface area contributed by atoms with Gasteiger partial charge in [-0.05, 0) is 0 Å². The summed E-state index contributed by atoms with van der Waals surface area (Å²) in [7, 11) is 2.73. The van der Waals surface area contributed by atoms with Crippen molar-refractivity contribution in [3.8, 4) is 0 Å². The normalized spacial score (nSPS) is 10.5. The Morgan fingerprint density at radius 3 is 1.50 bits per heavy atom. The first-order chi connectivity index (χ1) is 3.12. The summed E-state index contributed by atoms with van der Waals surface area (Å²) in [5.74, 6) is -1.42. The van der Waals surface area contributed by atoms with Crippen LogP contribution in [0.25, 0.3) is 0 Å². The zero-order valence-electron chi connectivity index (χ0n) is 5.47. The van der Waals surface area contributed by atoms with Crippen LogP contribution in [0.3, 0.4) is 0 Å². The maximum atomic E-state index is 8.69. The van der Waals surface area contributed by atoms with Crippen LogP contribution in [-0.4, -0.2) is 25.3 Å². The molecule has 0 aliphatic heterocycles. The second-order valence-electron chi connectivity index (χ2n) is 1.31. The van der Waals surface area contributed by atoms with Gasteiger partial charge >= 0.3 is 0 Å². The molecule has 0 bridgehead atoms. The fourth-order valence-corrected chi connectivity index (χ4v) is 0.0833. The van der Waals surface area contributed by atoms with Gasteiger partial charge in [-0.15, -0.1) is 0 Å². The van der Waals surface area contributed by atoms with Crippen molar-refractivity contribution in [1.82, 2.24) is 0 Å². The van der Waals surface area contributed by atoms with Gasteiger partial charge in [0.2, 0.25) is 0 Å². The molecule has 0 unspecified atom stereocenters. The topological polar surface area (TPSA) is 38.7 Å². The summed E-state index contributed by atoms with van der Waals surface area (Å²) >= 11 is 0. The van der Waals surface area contributed by atoms with Crippen LogP contribution >= 0.6 is 0 Å². The van der Waals surface area contributed by atoms with E-state index in [1.54, 1.807) is 0 Å². The fraction of sp³-hybridized carbons (Fsp3) is 1.00. The first-order valence-corrected chi connectivity index (χ1v) is 1.95. The molecule has 0 radical (unpaired) electrons. The van der Waals surface area contributed by atoms with Crippen LogP contribution in [0.5, 0.6) is 0 Å². The molecule has 8 heavy (non-hydrogen) atoms. The zero-order valence-corrected chi connectivity index (χ0v) is 8.44. The Hall–Kier alpha value is 0.503. The van der Waals surface area contributed by atoms with E-state index < -0.39 is 5.97 Å². The molecule has 0 aromatic heterocycles. The third kappa shape index (κ3) is 4.66. The van der Waals surface area contributed by atoms with Crippen molar-refractivity contribution in [3.05, 3.63) is 0 Å². The SMILES string of the molecule is COC(C)(O)OC.[Zn]. The molecule has 3 nitrogen and oxygen atoms in total. The molecular formula is C4H10O3Zn. The monoisotopic (exact) mass is 170 g/mol. The van der Waals surface area contributed by atoms with Crippen LogP contribution in [0, 0.1) is 0 Å². The summed E-state index contributed by atoms with van der Waals surface area (Å²) in [6.07, 6.45) is 0. The van der Waals surface area contributed by atoms with E-state index in [1.165, 1.54) is 21.1 Å². The van der Waals surface area contributed by atoms with Gasteiger partial charge in [0.25, 0.3) is 5.97 Å². The Kier molecular flexibility index (Phi) is 6.21. The minimum Gasteiger partial charge on any atom is -0.344 e. The second-order valence-corrected chi connectivity index (χ2v) is 1.31. The number of hydrogen-bond acceptors (Lipinski definition) is 3. The molecule has 0 aromatic rings. The van der Waals surface area contributed by atoms with Crippen molar-refractivity contribution in [2.24, 2.45) is 0 Å². The molecule has 0 spiro atoms. The first kappa shape index (κ1) is 11.3. The average Bonchev–Trinajstić information content (AvgIpc) is 1.68. The first-order valence-electron chi connectivity index (χ1n) is 1.95. The molecule has 0 aliphatic carbocycles. The Labute approximate surface area is 61.7 Å². The van der Waals surface area contributed by atoms with Crippen LogP contribution in [0.15, 0.2) is 0 Å². The largest absolute Gasteiger partial charge is 0.344 e. The molecule has 0 heterocycles. The number of aliphatic hydroxyl groups is 1. The number of ether oxygens (including phenoxy) is 2. The third-order valence-electron chi connectivity index (χ3n) is 0.757. The fourth-order valence-electron chi connectivity index (χ4n) is 0.0833. The van der Waals surface area contributed by atoms with Crippen molar-refractivity contribution in [3.63, 3.8) is 0 Å². The van der Waals surface area contributed by atoms with Gasteiger partial charge in [0.1, 0.15) is 0 Å². The summed E-state index contributed by atoms with van der Waals surface area (Å²) < 4.78 is 8.84. The number of hydrogen-bond donors (Lipinski definition) is 1. The number of rotatable bonds is 2. The molecule has 46 valence electrons. The molecule has 0 amide bonds. The number of methoxy groups -OCH3 is 2. The van der Waals surface area contributed by atoms with Gasteiger partial charge in [-0.3, -0.25) is 0 Å². The molecule has 0 fully saturated rings. The predicted molar refractivity (Wildman–Crippen MR) is 24.6 cm³/mol. The molecular weight excluding hydrogens is 161 g/mol. The van der Waals surface area contributed by atoms with Crippen LogP contribution in [0.4, 0.5) is 0 Å². The quantitative estimate of drug-likeness (QED) is 0.468. The van der Waals surface area contributed by atoms with Gasteiger partial charge in [-0.1, -0.05) is 0 Å². The van der Waals surface area contributed by atoms with Crippen LogP contribution in [-0.2, 0) is 29.0 Å². The molecule has 0 rings (SSSR count). The van der Waals surface area contributed by atoms with Gasteiger partial charge in [0, 0.05) is 40.6 Å². The van der Waals surface area contributed by atoms with Crippen LogP contribution < -0.4 is 0 Å². The molecule has 0 saturated carbocycles. The Morgan fingerprint density at radius 1 is 1.25 bits per heavy atom. The van der Waals surface area contributed by atoms with Gasteiger partial charge in [-0.2, -0.15) is 0 Å². The van der Waals surface area contributed by atoms with Crippen LogP contribution in [0.2, 0.25) is 0 Å². The van der Waals surface area contributed by atoms with Crippen molar-refractivity contribution in [2.45, 2.75) is 12.9 Å². The predicted octanol–water partition coefficient (Wildman–Crippen LogP) is -0.0573. The van der Waals surface area contributed by atoms with E-state index in [-0.39, 0.29) is 19.5 Å². The van der Waals surface area contributed by atoms with E-state index >= 15 is 0 Å². The van der Waals surface area contributed by atoms with Crippen molar-refractivity contribution >= 4 is 0 Å². The maximum absolute atomic E-state index is 8.69. The summed E-state index contributed by atoms with van der Waals surface area (Å²) in [6, 6.07) is 0. The minimum atomic E-state index is -1.42. The average molecular weight is 172 g/mol. The smallest absolute Gasteiger partial charge is 0.276 e. The Bertz CT molecular complexity index is 49.2. The van der Waals surface area contributed by atoms with E-state index in [4.69, 9.17) is 5.11 Å². The van der Waals surface area contributed by atoms with E-state index in [9.17, 15) is 0 Å². The Morgan fingerprint density at radius 2 is 1.50 bits per heavy atom. The molecule has 0 aliphatic rings. The van der Waals surface area contributed by atoms with Crippen molar-refractivity contribution in [2.75, 3.05) is 14.2 Å². The molecule has 0 atom stereocenters. The zero-order chi connectivity index (χ0) is 5.91. The van der Waals surface area contributed by atoms with E-state index in [0.717, 1.165) is 0 Å². The van der Waals surface area contributed by atoms with Crippen molar-refractivity contribution in [1.29, 1.82) is 0 Å². The summed E-state index contributed by atoms with van der Waals surface area (Å²) in [5.41, 5.74) is 0. The molecule has 1 N–H and O–H groups in total. The van der Waals surface area contributed by atoms with E-state index in [2.05, 4.69) is 9.47 Å². The van der Waals surface area contributed by atoms with Gasteiger partial charge in [0.15, 0.2) is 0 Å². The van der Waals surface area contributed by atoms with Crippen molar-refractivity contribution < 1.29 is 34.1 Å². The van der Waals surface area contributed by atoms with E-state index in [1.807, 2.05) is 0 Å².